The zero-order chi connectivity index (χ0) is 21.7. The van der Waals surface area contributed by atoms with Gasteiger partial charge in [-0.25, -0.2) is 0 Å². The molecule has 4 nitrogen and oxygen atoms in total. The number of fused-ring (bicyclic) bond motifs is 1. The number of rotatable bonds is 2. The van der Waals surface area contributed by atoms with Crippen LogP contribution in [0.1, 0.15) is 58.2 Å². The van der Waals surface area contributed by atoms with Crippen LogP contribution in [0.2, 0.25) is 0 Å². The zero-order valence-corrected chi connectivity index (χ0v) is 19.2. The summed E-state index contributed by atoms with van der Waals surface area (Å²) in [5.41, 5.74) is 4.53. The quantitative estimate of drug-likeness (QED) is 0.463. The summed E-state index contributed by atoms with van der Waals surface area (Å²) in [5.74, 6) is 0.583. The molecule has 0 atom stereocenters. The average Bonchev–Trinajstić information content (AvgIpc) is 3.21. The smallest absolute Gasteiger partial charge is 0.266 e. The van der Waals surface area contributed by atoms with Gasteiger partial charge in [0.1, 0.15) is 0 Å². The van der Waals surface area contributed by atoms with E-state index in [1.807, 2.05) is 18.2 Å². The Labute approximate surface area is 180 Å². The Morgan fingerprint density at radius 3 is 1.87 bits per heavy atom. The minimum atomic E-state index is -0.125. The van der Waals surface area contributed by atoms with Crippen LogP contribution in [0.15, 0.2) is 53.3 Å². The number of nitrogens with zero attached hydrogens (tertiary/aromatic N) is 3. The molecule has 0 saturated heterocycles. The Morgan fingerprint density at radius 2 is 1.37 bits per heavy atom. The van der Waals surface area contributed by atoms with Gasteiger partial charge in [-0.2, -0.15) is 9.50 Å². The highest BCUT2D eigenvalue weighted by molar-refractivity contribution is 7.15. The first kappa shape index (κ1) is 20.5. The largest absolute Gasteiger partial charge is 0.291 e. The highest BCUT2D eigenvalue weighted by Gasteiger charge is 2.16. The predicted molar refractivity (Wildman–Crippen MR) is 125 cm³/mol. The van der Waals surface area contributed by atoms with E-state index in [2.05, 4.69) is 88.0 Å². The number of aromatic nitrogens is 3. The van der Waals surface area contributed by atoms with Crippen molar-refractivity contribution in [2.75, 3.05) is 0 Å². The molecule has 0 aliphatic heterocycles. The van der Waals surface area contributed by atoms with Gasteiger partial charge in [-0.15, -0.1) is 5.10 Å². The molecule has 0 radical (unpaired) electrons. The average molecular weight is 418 g/mol. The Morgan fingerprint density at radius 1 is 0.833 bits per heavy atom. The Kier molecular flexibility index (Phi) is 4.89. The van der Waals surface area contributed by atoms with Crippen LogP contribution < -0.4 is 10.1 Å². The molecule has 30 heavy (non-hydrogen) atoms. The lowest BCUT2D eigenvalue weighted by molar-refractivity contribution is 0.590. The van der Waals surface area contributed by atoms with Gasteiger partial charge in [0.2, 0.25) is 4.96 Å². The van der Waals surface area contributed by atoms with Crippen molar-refractivity contribution in [3.63, 3.8) is 0 Å². The summed E-state index contributed by atoms with van der Waals surface area (Å²) >= 11 is 1.37. The van der Waals surface area contributed by atoms with Gasteiger partial charge in [-0.05, 0) is 33.6 Å². The monoisotopic (exact) mass is 417 g/mol. The van der Waals surface area contributed by atoms with Gasteiger partial charge < -0.3 is 0 Å². The van der Waals surface area contributed by atoms with Crippen molar-refractivity contribution in [2.45, 2.75) is 52.4 Å². The molecule has 5 heteroatoms. The van der Waals surface area contributed by atoms with Gasteiger partial charge in [0.15, 0.2) is 5.82 Å². The van der Waals surface area contributed by atoms with E-state index in [9.17, 15) is 4.79 Å². The number of hydrogen-bond donors (Lipinski definition) is 0. The Balaban J connectivity index is 1.67. The molecule has 2 aromatic carbocycles. The van der Waals surface area contributed by atoms with Crippen LogP contribution in [0.5, 0.6) is 0 Å². The van der Waals surface area contributed by atoms with Crippen LogP contribution in [0.4, 0.5) is 0 Å². The normalized spacial score (nSPS) is 13.3. The molecule has 0 aliphatic rings. The second-order valence-electron chi connectivity index (χ2n) is 9.74. The van der Waals surface area contributed by atoms with Crippen molar-refractivity contribution in [1.82, 2.24) is 14.6 Å². The van der Waals surface area contributed by atoms with Gasteiger partial charge in [-0.3, -0.25) is 4.79 Å². The molecule has 0 saturated carbocycles. The lowest BCUT2D eigenvalue weighted by Crippen LogP contribution is -2.23. The van der Waals surface area contributed by atoms with Crippen molar-refractivity contribution >= 4 is 22.4 Å². The molecule has 2 heterocycles. The van der Waals surface area contributed by atoms with Crippen LogP contribution >= 0.6 is 11.3 Å². The van der Waals surface area contributed by atoms with Crippen LogP contribution in [-0.4, -0.2) is 14.6 Å². The third kappa shape index (κ3) is 3.94. The second kappa shape index (κ2) is 7.17. The van der Waals surface area contributed by atoms with Gasteiger partial charge >= 0.3 is 0 Å². The molecule has 0 fully saturated rings. The first-order valence-electron chi connectivity index (χ1n) is 10.2. The predicted octanol–water partition coefficient (Wildman–Crippen LogP) is 4.96. The van der Waals surface area contributed by atoms with E-state index >= 15 is 0 Å². The summed E-state index contributed by atoms with van der Waals surface area (Å²) in [6.45, 7) is 13.1. The van der Waals surface area contributed by atoms with E-state index in [0.29, 0.717) is 15.3 Å². The molecule has 2 aromatic heterocycles. The standard InChI is InChI=1S/C25H27N3OS/c1-24(2,3)18-11-7-16(8-12-18)15-20-22(29)28-23(30-20)26-21(27-28)17-9-13-19(14-10-17)25(4,5)6/h7-15H,1-6H3. The molecule has 4 aromatic rings. The maximum atomic E-state index is 12.8. The van der Waals surface area contributed by atoms with E-state index in [1.54, 1.807) is 0 Å². The minimum absolute atomic E-state index is 0.0957. The maximum Gasteiger partial charge on any atom is 0.291 e. The zero-order valence-electron chi connectivity index (χ0n) is 18.4. The summed E-state index contributed by atoms with van der Waals surface area (Å²) in [5, 5.41) is 4.47. The van der Waals surface area contributed by atoms with E-state index in [1.165, 1.54) is 27.0 Å². The minimum Gasteiger partial charge on any atom is -0.266 e. The van der Waals surface area contributed by atoms with Crippen molar-refractivity contribution in [2.24, 2.45) is 0 Å². The first-order valence-corrected chi connectivity index (χ1v) is 11.0. The van der Waals surface area contributed by atoms with Crippen molar-refractivity contribution < 1.29 is 0 Å². The van der Waals surface area contributed by atoms with Crippen LogP contribution in [0.3, 0.4) is 0 Å². The molecule has 0 aliphatic carbocycles. The molecule has 154 valence electrons. The summed E-state index contributed by atoms with van der Waals surface area (Å²) in [6.07, 6.45) is 1.91. The van der Waals surface area contributed by atoms with Gasteiger partial charge in [0.25, 0.3) is 5.56 Å². The SMILES string of the molecule is CC(C)(C)c1ccc(C=c2sc3nc(-c4ccc(C(C)(C)C)cc4)nn3c2=O)cc1. The molecule has 0 bridgehead atoms. The lowest BCUT2D eigenvalue weighted by atomic mass is 9.87. The molecule has 4 rings (SSSR count). The van der Waals surface area contributed by atoms with E-state index in [0.717, 1.165) is 11.1 Å². The fourth-order valence-corrected chi connectivity index (χ4v) is 4.21. The fraction of sp³-hybridized carbons (Fsp3) is 0.320. The number of thiazole rings is 1. The van der Waals surface area contributed by atoms with Gasteiger partial charge in [-0.1, -0.05) is 101 Å². The van der Waals surface area contributed by atoms with Crippen LogP contribution in [0.25, 0.3) is 22.4 Å². The summed E-state index contributed by atoms with van der Waals surface area (Å²) in [7, 11) is 0. The van der Waals surface area contributed by atoms with Gasteiger partial charge in [0, 0.05) is 5.56 Å². The fourth-order valence-electron chi connectivity index (χ4n) is 3.31. The summed E-state index contributed by atoms with van der Waals surface area (Å²) < 4.78 is 2.05. The summed E-state index contributed by atoms with van der Waals surface area (Å²) in [4.78, 5) is 18.0. The van der Waals surface area contributed by atoms with Crippen molar-refractivity contribution in [3.8, 4) is 11.4 Å². The van der Waals surface area contributed by atoms with E-state index in [4.69, 9.17) is 0 Å². The van der Waals surface area contributed by atoms with Crippen molar-refractivity contribution in [1.29, 1.82) is 0 Å². The number of benzene rings is 2. The highest BCUT2D eigenvalue weighted by atomic mass is 32.1. The summed E-state index contributed by atoms with van der Waals surface area (Å²) in [6, 6.07) is 16.6. The topological polar surface area (TPSA) is 47.3 Å². The number of hydrogen-bond acceptors (Lipinski definition) is 4. The molecule has 0 spiro atoms. The van der Waals surface area contributed by atoms with E-state index in [-0.39, 0.29) is 16.4 Å². The van der Waals surface area contributed by atoms with E-state index < -0.39 is 0 Å². The van der Waals surface area contributed by atoms with Crippen LogP contribution in [-0.2, 0) is 10.8 Å². The third-order valence-electron chi connectivity index (χ3n) is 5.27. The Hall–Kier alpha value is -2.79. The second-order valence-corrected chi connectivity index (χ2v) is 10.8. The van der Waals surface area contributed by atoms with Gasteiger partial charge in [0.05, 0.1) is 4.53 Å². The maximum absolute atomic E-state index is 12.8. The molecule has 0 N–H and O–H groups in total. The molecule has 0 amide bonds. The molecule has 0 unspecified atom stereocenters. The molecular weight excluding hydrogens is 390 g/mol. The molecular formula is C25H27N3OS. The highest BCUT2D eigenvalue weighted by Crippen LogP contribution is 2.25. The van der Waals surface area contributed by atoms with Crippen molar-refractivity contribution in [3.05, 3.63) is 80.1 Å². The Bertz CT molecular complexity index is 1300. The lowest BCUT2D eigenvalue weighted by Gasteiger charge is -2.18. The first-order chi connectivity index (χ1) is 14.0. The third-order valence-corrected chi connectivity index (χ3v) is 6.22. The van der Waals surface area contributed by atoms with Crippen LogP contribution in [0, 0.1) is 0 Å².